The van der Waals surface area contributed by atoms with Gasteiger partial charge in [0.15, 0.2) is 0 Å². The zero-order valence-corrected chi connectivity index (χ0v) is 26.3. The number of hydrogen-bond donors (Lipinski definition) is 5. The van der Waals surface area contributed by atoms with Crippen LogP contribution in [-0.4, -0.2) is 111 Å². The number of anilines is 1. The first-order chi connectivity index (χ1) is 21.7. The van der Waals surface area contributed by atoms with Gasteiger partial charge in [0.25, 0.3) is 0 Å². The van der Waals surface area contributed by atoms with E-state index >= 15 is 0 Å². The Bertz CT molecular complexity index is 1270. The molecule has 13 heteroatoms. The molecule has 3 heterocycles. The first kappa shape index (κ1) is 33.7. The van der Waals surface area contributed by atoms with Crippen molar-refractivity contribution < 1.29 is 34.3 Å². The van der Waals surface area contributed by atoms with E-state index in [1.807, 2.05) is 0 Å². The maximum atomic E-state index is 15.0. The molecule has 45 heavy (non-hydrogen) atoms. The maximum Gasteiger partial charge on any atom is 0.227 e. The average molecular weight is 650 g/mol. The third-order valence-electron chi connectivity index (χ3n) is 9.85. The minimum atomic E-state index is -1.45. The normalized spacial score (nSPS) is 24.0. The Morgan fingerprint density at radius 2 is 1.87 bits per heavy atom. The van der Waals surface area contributed by atoms with Crippen molar-refractivity contribution in [3.8, 4) is 5.75 Å². The molecule has 1 amide bonds. The van der Waals surface area contributed by atoms with Crippen molar-refractivity contribution in [2.24, 2.45) is 11.3 Å². The molecule has 0 bridgehead atoms. The van der Waals surface area contributed by atoms with E-state index in [9.17, 15) is 24.5 Å². The van der Waals surface area contributed by atoms with Crippen LogP contribution in [0.5, 0.6) is 5.75 Å². The lowest BCUT2D eigenvalue weighted by molar-refractivity contribution is -0.130. The number of benzene rings is 1. The highest BCUT2D eigenvalue weighted by Gasteiger charge is 2.51. The summed E-state index contributed by atoms with van der Waals surface area (Å²) in [4.78, 5) is 25.7. The van der Waals surface area contributed by atoms with Gasteiger partial charge in [0.1, 0.15) is 23.8 Å². The summed E-state index contributed by atoms with van der Waals surface area (Å²) in [6, 6.07) is 4.77. The number of ether oxygens (including phenoxy) is 1. The number of nitrogens with zero attached hydrogens (tertiary/aromatic N) is 4. The lowest BCUT2D eigenvalue weighted by Gasteiger charge is -2.48. The van der Waals surface area contributed by atoms with Crippen LogP contribution in [0.3, 0.4) is 0 Å². The molecule has 1 unspecified atom stereocenters. The molecule has 2 aromatic rings. The van der Waals surface area contributed by atoms with Crippen molar-refractivity contribution >= 4 is 23.5 Å². The number of likely N-dealkylation sites (tertiary alicyclic amines) is 1. The molecule has 1 aromatic carbocycles. The summed E-state index contributed by atoms with van der Waals surface area (Å²) < 4.78 is 20.8. The van der Waals surface area contributed by atoms with Crippen molar-refractivity contribution in [1.29, 1.82) is 0 Å². The molecular formula is C32H45ClFN5O6. The van der Waals surface area contributed by atoms with Crippen LogP contribution in [0.4, 0.5) is 10.3 Å². The molecule has 11 nitrogen and oxygen atoms in total. The minimum Gasteiger partial charge on any atom is -0.493 e. The van der Waals surface area contributed by atoms with E-state index in [-0.39, 0.29) is 30.3 Å². The van der Waals surface area contributed by atoms with Gasteiger partial charge in [-0.2, -0.15) is 0 Å². The SMILES string of the molecule is O=C(Cc1ccc(OCCCC2CCN(c3ncc(Cl)cn3)CC2)cc1F)N1CC[C@]2(CCC2NC[C@@H](O)[C@@H](O)[C@@H](O)CO)C1. The zero-order valence-electron chi connectivity index (χ0n) is 25.5. The monoisotopic (exact) mass is 649 g/mol. The molecule has 2 aliphatic heterocycles. The van der Waals surface area contributed by atoms with Crippen LogP contribution >= 0.6 is 11.6 Å². The fourth-order valence-electron chi connectivity index (χ4n) is 6.85. The summed E-state index contributed by atoms with van der Waals surface area (Å²) in [5.41, 5.74) is 0.224. The summed E-state index contributed by atoms with van der Waals surface area (Å²) in [6.45, 7) is 2.88. The van der Waals surface area contributed by atoms with Crippen LogP contribution in [-0.2, 0) is 11.2 Å². The van der Waals surface area contributed by atoms with Crippen molar-refractivity contribution in [2.75, 3.05) is 50.8 Å². The van der Waals surface area contributed by atoms with Crippen LogP contribution in [0.2, 0.25) is 5.02 Å². The minimum absolute atomic E-state index is 0.0238. The van der Waals surface area contributed by atoms with Crippen LogP contribution in [0.1, 0.15) is 50.5 Å². The molecule has 3 fully saturated rings. The Kier molecular flexibility index (Phi) is 11.5. The largest absolute Gasteiger partial charge is 0.493 e. The number of piperidine rings is 1. The standard InChI is InChI=1S/C32H45ClFN5O6/c33-23-16-36-31(37-17-23)38-10-6-21(7-11-38)2-1-13-45-24-4-3-22(25(34)15-24)14-29(43)39-12-9-32(20-39)8-5-28(32)35-18-26(41)30(44)27(42)19-40/h3-4,15-17,21,26-28,30,35,40-42,44H,1-2,5-14,18-20H2/t26-,27+,28?,30-,32-/m1/s1. The highest BCUT2D eigenvalue weighted by molar-refractivity contribution is 6.30. The summed E-state index contributed by atoms with van der Waals surface area (Å²) in [7, 11) is 0. The van der Waals surface area contributed by atoms with E-state index in [1.54, 1.807) is 29.4 Å². The van der Waals surface area contributed by atoms with Gasteiger partial charge in [0.2, 0.25) is 11.9 Å². The molecule has 1 aliphatic carbocycles. The number of aliphatic hydroxyl groups is 4. The van der Waals surface area contributed by atoms with Crippen molar-refractivity contribution in [1.82, 2.24) is 20.2 Å². The second-order valence-corrected chi connectivity index (χ2v) is 13.2. The predicted molar refractivity (Wildman–Crippen MR) is 167 cm³/mol. The van der Waals surface area contributed by atoms with Gasteiger partial charge in [-0.05, 0) is 62.5 Å². The quantitative estimate of drug-likeness (QED) is 0.192. The van der Waals surface area contributed by atoms with Gasteiger partial charge in [-0.3, -0.25) is 4.79 Å². The number of amides is 1. The van der Waals surface area contributed by atoms with Gasteiger partial charge >= 0.3 is 0 Å². The fraction of sp³-hybridized carbons (Fsp3) is 0.656. The van der Waals surface area contributed by atoms with Crippen molar-refractivity contribution in [2.45, 2.75) is 75.7 Å². The highest BCUT2D eigenvalue weighted by Crippen LogP contribution is 2.48. The summed E-state index contributed by atoms with van der Waals surface area (Å²) >= 11 is 5.89. The number of carbonyl (C=O) groups is 1. The number of aromatic nitrogens is 2. The number of hydrogen-bond acceptors (Lipinski definition) is 10. The average Bonchev–Trinajstić information content (AvgIpc) is 3.52. The van der Waals surface area contributed by atoms with Crippen LogP contribution in [0, 0.1) is 17.2 Å². The molecular weight excluding hydrogens is 605 g/mol. The van der Waals surface area contributed by atoms with E-state index in [0.717, 1.165) is 58.0 Å². The first-order valence-corrected chi connectivity index (χ1v) is 16.3. The molecule has 1 saturated carbocycles. The summed E-state index contributed by atoms with van der Waals surface area (Å²) in [5.74, 6) is 1.20. The molecule has 5 N–H and O–H groups in total. The van der Waals surface area contributed by atoms with Gasteiger partial charge in [-0.25, -0.2) is 14.4 Å². The molecule has 1 aromatic heterocycles. The lowest BCUT2D eigenvalue weighted by atomic mass is 9.63. The van der Waals surface area contributed by atoms with Gasteiger partial charge in [0.05, 0.1) is 43.2 Å². The van der Waals surface area contributed by atoms with E-state index < -0.39 is 30.7 Å². The van der Waals surface area contributed by atoms with Crippen LogP contribution < -0.4 is 15.0 Å². The van der Waals surface area contributed by atoms with Gasteiger partial charge in [-0.15, -0.1) is 0 Å². The summed E-state index contributed by atoms with van der Waals surface area (Å²) in [6.07, 6.45) is 5.78. The van der Waals surface area contributed by atoms with Crippen molar-refractivity contribution in [3.05, 3.63) is 47.0 Å². The first-order valence-electron chi connectivity index (χ1n) is 16.0. The zero-order chi connectivity index (χ0) is 32.0. The fourth-order valence-corrected chi connectivity index (χ4v) is 6.95. The molecule has 248 valence electrons. The van der Waals surface area contributed by atoms with Crippen LogP contribution in [0.15, 0.2) is 30.6 Å². The van der Waals surface area contributed by atoms with E-state index in [2.05, 4.69) is 20.2 Å². The van der Waals surface area contributed by atoms with Crippen LogP contribution in [0.25, 0.3) is 0 Å². The smallest absolute Gasteiger partial charge is 0.227 e. The second kappa shape index (κ2) is 15.3. The number of rotatable bonds is 14. The number of aliphatic hydroxyl groups excluding tert-OH is 4. The number of carbonyl (C=O) groups excluding carboxylic acids is 1. The Balaban J connectivity index is 1.00. The van der Waals surface area contributed by atoms with Gasteiger partial charge in [0, 0.05) is 50.2 Å². The molecule has 5 rings (SSSR count). The van der Waals surface area contributed by atoms with Gasteiger partial charge in [-0.1, -0.05) is 17.7 Å². The summed E-state index contributed by atoms with van der Waals surface area (Å²) in [5, 5.41) is 42.3. The predicted octanol–water partition coefficient (Wildman–Crippen LogP) is 1.93. The van der Waals surface area contributed by atoms with Gasteiger partial charge < -0.3 is 40.3 Å². The Hall–Kier alpha value is -2.61. The third-order valence-corrected chi connectivity index (χ3v) is 10.0. The Morgan fingerprint density at radius 3 is 2.53 bits per heavy atom. The number of nitrogens with one attached hydrogen (secondary N) is 1. The topological polar surface area (TPSA) is 152 Å². The Morgan fingerprint density at radius 1 is 1.11 bits per heavy atom. The Labute approximate surface area is 268 Å². The maximum absolute atomic E-state index is 15.0. The second-order valence-electron chi connectivity index (χ2n) is 12.8. The van der Waals surface area contributed by atoms with Crippen molar-refractivity contribution in [3.63, 3.8) is 0 Å². The molecule has 3 aliphatic rings. The van der Waals surface area contributed by atoms with E-state index in [4.69, 9.17) is 21.4 Å². The molecule has 2 saturated heterocycles. The highest BCUT2D eigenvalue weighted by atomic mass is 35.5. The molecule has 0 radical (unpaired) electrons. The van der Waals surface area contributed by atoms with E-state index in [1.165, 1.54) is 6.07 Å². The third kappa shape index (κ3) is 8.41. The molecule has 5 atom stereocenters. The lowest BCUT2D eigenvalue weighted by Crippen LogP contribution is -2.57. The number of halogens is 2. The van der Waals surface area contributed by atoms with E-state index in [0.29, 0.717) is 47.9 Å². The molecule has 1 spiro atoms.